The molecule has 0 unspecified atom stereocenters. The number of nitrogens with zero attached hydrogens (tertiary/aromatic N) is 2. The van der Waals surface area contributed by atoms with E-state index in [0.717, 1.165) is 30.5 Å². The van der Waals surface area contributed by atoms with Crippen molar-refractivity contribution in [1.82, 2.24) is 15.1 Å². The normalized spacial score (nSPS) is 29.7. The molecule has 1 saturated carbocycles. The topological polar surface area (TPSA) is 78.5 Å². The number of rotatable bonds is 3. The number of hydrogen-bond donors (Lipinski definition) is 2. The Balaban J connectivity index is 1.58. The summed E-state index contributed by atoms with van der Waals surface area (Å²) in [5, 5.41) is 21.2. The Bertz CT molecular complexity index is 729. The van der Waals surface area contributed by atoms with Crippen LogP contribution in [0.1, 0.15) is 36.2 Å². The van der Waals surface area contributed by atoms with Gasteiger partial charge >= 0.3 is 0 Å². The molecule has 0 radical (unpaired) electrons. The van der Waals surface area contributed by atoms with Crippen molar-refractivity contribution in [3.05, 3.63) is 28.6 Å². The maximum Gasteiger partial charge on any atom is 0.272 e. The molecule has 4 rings (SSSR count). The molecule has 0 aromatic carbocycles. The lowest BCUT2D eigenvalue weighted by atomic mass is 9.79. The van der Waals surface area contributed by atoms with Gasteiger partial charge in [-0.1, -0.05) is 0 Å². The number of H-pyrrole nitrogens is 1. The fraction of sp³-hybridized carbons (Fsp3) is 0.529. The van der Waals surface area contributed by atoms with E-state index in [1.807, 2.05) is 21.7 Å². The Labute approximate surface area is 144 Å². The minimum absolute atomic E-state index is 0.0676. The van der Waals surface area contributed by atoms with Crippen molar-refractivity contribution in [1.29, 1.82) is 0 Å². The summed E-state index contributed by atoms with van der Waals surface area (Å²) in [6.07, 6.45) is 2.55. The lowest BCUT2D eigenvalue weighted by Crippen LogP contribution is -2.52. The van der Waals surface area contributed by atoms with Gasteiger partial charge < -0.3 is 14.7 Å². The molecule has 2 aromatic heterocycles. The summed E-state index contributed by atoms with van der Waals surface area (Å²) in [4.78, 5) is 14.8. The maximum atomic E-state index is 13.0. The largest absolute Gasteiger partial charge is 0.393 e. The molecule has 1 saturated heterocycles. The Kier molecular flexibility index (Phi) is 3.94. The summed E-state index contributed by atoms with van der Waals surface area (Å²) in [5.41, 5.74) is 1.96. The number of carbonyl (C=O) groups is 1. The Morgan fingerprint density at radius 3 is 3.17 bits per heavy atom. The molecular weight excluding hydrogens is 326 g/mol. The number of aliphatic hydroxyl groups is 1. The molecule has 2 aromatic rings. The van der Waals surface area contributed by atoms with Crippen molar-refractivity contribution >= 4 is 17.2 Å². The number of aromatic nitrogens is 2. The standard InChI is InChI=1S/C17H21N3O3S/c1-23-17-4-2-12(21)8-15(17)20(6-5-17)16(22)14-9-13(18-19-14)11-3-7-24-10-11/h3,7,9-10,12,15,21H,2,4-6,8H2,1H3,(H,18,19)/t12-,15+,17-/m1/s1. The molecular formula is C17H21N3O3S. The molecule has 1 aliphatic heterocycles. The predicted molar refractivity (Wildman–Crippen MR) is 90.9 cm³/mol. The number of fused-ring (bicyclic) bond motifs is 1. The fourth-order valence-electron chi connectivity index (χ4n) is 4.06. The van der Waals surface area contributed by atoms with E-state index in [-0.39, 0.29) is 23.7 Å². The van der Waals surface area contributed by atoms with Crippen LogP contribution in [-0.2, 0) is 4.74 Å². The first-order valence-electron chi connectivity index (χ1n) is 8.25. The van der Waals surface area contributed by atoms with Gasteiger partial charge in [0, 0.05) is 24.6 Å². The molecule has 7 heteroatoms. The molecule has 0 spiro atoms. The highest BCUT2D eigenvalue weighted by Crippen LogP contribution is 2.42. The summed E-state index contributed by atoms with van der Waals surface area (Å²) in [6.45, 7) is 0.650. The number of aromatic amines is 1. The number of ether oxygens (including phenoxy) is 1. The van der Waals surface area contributed by atoms with Gasteiger partial charge in [-0.2, -0.15) is 16.4 Å². The molecule has 3 heterocycles. The van der Waals surface area contributed by atoms with Gasteiger partial charge in [-0.3, -0.25) is 9.89 Å². The summed E-state index contributed by atoms with van der Waals surface area (Å²) in [6, 6.07) is 3.71. The number of nitrogens with one attached hydrogen (secondary N) is 1. The molecule has 2 aliphatic rings. The zero-order chi connectivity index (χ0) is 16.7. The quantitative estimate of drug-likeness (QED) is 0.893. The van der Waals surface area contributed by atoms with E-state index in [9.17, 15) is 9.90 Å². The number of amides is 1. The number of methoxy groups -OCH3 is 1. The van der Waals surface area contributed by atoms with Crippen molar-refractivity contribution in [2.75, 3.05) is 13.7 Å². The van der Waals surface area contributed by atoms with Gasteiger partial charge in [-0.15, -0.1) is 0 Å². The smallest absolute Gasteiger partial charge is 0.272 e. The van der Waals surface area contributed by atoms with Gasteiger partial charge in [0.2, 0.25) is 0 Å². The number of hydrogen-bond acceptors (Lipinski definition) is 5. The molecule has 0 bridgehead atoms. The van der Waals surface area contributed by atoms with Crippen molar-refractivity contribution in [3.63, 3.8) is 0 Å². The third-order valence-corrected chi connectivity index (χ3v) is 6.13. The van der Waals surface area contributed by atoms with Crippen LogP contribution in [0.2, 0.25) is 0 Å². The van der Waals surface area contributed by atoms with E-state index >= 15 is 0 Å². The lowest BCUT2D eigenvalue weighted by Gasteiger charge is -2.42. The fourth-order valence-corrected chi connectivity index (χ4v) is 4.71. The lowest BCUT2D eigenvalue weighted by molar-refractivity contribution is -0.0824. The van der Waals surface area contributed by atoms with Crippen LogP contribution in [-0.4, -0.2) is 57.5 Å². The third kappa shape index (κ3) is 2.47. The van der Waals surface area contributed by atoms with Crippen molar-refractivity contribution in [3.8, 4) is 11.3 Å². The van der Waals surface area contributed by atoms with Crippen LogP contribution in [0.3, 0.4) is 0 Å². The van der Waals surface area contributed by atoms with Crippen LogP contribution in [0.15, 0.2) is 22.9 Å². The molecule has 6 nitrogen and oxygen atoms in total. The zero-order valence-corrected chi connectivity index (χ0v) is 14.4. The van der Waals surface area contributed by atoms with E-state index in [1.54, 1.807) is 24.5 Å². The van der Waals surface area contributed by atoms with Crippen LogP contribution in [0.25, 0.3) is 11.3 Å². The van der Waals surface area contributed by atoms with Crippen molar-refractivity contribution in [2.24, 2.45) is 0 Å². The van der Waals surface area contributed by atoms with Gasteiger partial charge in [0.15, 0.2) is 0 Å². The number of aliphatic hydroxyl groups excluding tert-OH is 1. The van der Waals surface area contributed by atoms with Crippen LogP contribution in [0.4, 0.5) is 0 Å². The SMILES string of the molecule is CO[C@@]12CC[C@@H](O)C[C@@H]1N(C(=O)c1cc(-c3ccsc3)n[nH]1)CC2. The monoisotopic (exact) mass is 347 g/mol. The number of likely N-dealkylation sites (tertiary alicyclic amines) is 1. The maximum absolute atomic E-state index is 13.0. The Morgan fingerprint density at radius 1 is 1.54 bits per heavy atom. The summed E-state index contributed by atoms with van der Waals surface area (Å²) >= 11 is 1.60. The van der Waals surface area contributed by atoms with Crippen LogP contribution < -0.4 is 0 Å². The molecule has 24 heavy (non-hydrogen) atoms. The molecule has 3 atom stereocenters. The Morgan fingerprint density at radius 2 is 2.42 bits per heavy atom. The second-order valence-corrected chi connectivity index (χ2v) is 7.42. The van der Waals surface area contributed by atoms with Crippen LogP contribution in [0.5, 0.6) is 0 Å². The van der Waals surface area contributed by atoms with Gasteiger partial charge in [0.1, 0.15) is 5.69 Å². The average Bonchev–Trinajstić information content (AvgIpc) is 3.32. The van der Waals surface area contributed by atoms with Crippen LogP contribution >= 0.6 is 11.3 Å². The van der Waals surface area contributed by atoms with E-state index in [2.05, 4.69) is 10.2 Å². The van der Waals surface area contributed by atoms with Crippen LogP contribution in [0, 0.1) is 0 Å². The molecule has 128 valence electrons. The van der Waals surface area contributed by atoms with Gasteiger partial charge in [-0.05, 0) is 43.2 Å². The highest BCUT2D eigenvalue weighted by molar-refractivity contribution is 7.08. The first-order chi connectivity index (χ1) is 11.6. The number of carbonyl (C=O) groups excluding carboxylic acids is 1. The summed E-state index contributed by atoms with van der Waals surface area (Å²) in [5.74, 6) is -0.0676. The molecule has 1 aliphatic carbocycles. The second-order valence-electron chi connectivity index (χ2n) is 6.64. The number of thiophene rings is 1. The molecule has 2 fully saturated rings. The highest BCUT2D eigenvalue weighted by Gasteiger charge is 2.52. The van der Waals surface area contributed by atoms with E-state index < -0.39 is 0 Å². The minimum atomic E-state index is -0.366. The second kappa shape index (κ2) is 5.98. The first kappa shape index (κ1) is 15.8. The van der Waals surface area contributed by atoms with E-state index in [4.69, 9.17) is 4.74 Å². The Hall–Kier alpha value is -1.70. The molecule has 2 N–H and O–H groups in total. The third-order valence-electron chi connectivity index (χ3n) is 5.45. The van der Waals surface area contributed by atoms with E-state index in [0.29, 0.717) is 18.7 Å². The first-order valence-corrected chi connectivity index (χ1v) is 9.19. The molecule has 1 amide bonds. The summed E-state index contributed by atoms with van der Waals surface area (Å²) < 4.78 is 5.80. The highest BCUT2D eigenvalue weighted by atomic mass is 32.1. The van der Waals surface area contributed by atoms with E-state index in [1.165, 1.54) is 0 Å². The predicted octanol–water partition coefficient (Wildman–Crippen LogP) is 2.28. The summed E-state index contributed by atoms with van der Waals surface area (Å²) in [7, 11) is 1.71. The van der Waals surface area contributed by atoms with Gasteiger partial charge in [0.25, 0.3) is 5.91 Å². The van der Waals surface area contributed by atoms with Crippen molar-refractivity contribution < 1.29 is 14.6 Å². The van der Waals surface area contributed by atoms with Gasteiger partial charge in [-0.25, -0.2) is 0 Å². The minimum Gasteiger partial charge on any atom is -0.393 e. The van der Waals surface area contributed by atoms with Crippen molar-refractivity contribution in [2.45, 2.75) is 43.4 Å². The zero-order valence-electron chi connectivity index (χ0n) is 13.6. The average molecular weight is 347 g/mol. The van der Waals surface area contributed by atoms with Gasteiger partial charge in [0.05, 0.1) is 23.4 Å².